The zero-order valence-corrected chi connectivity index (χ0v) is 30.8. The molecule has 0 radical (unpaired) electrons. The van der Waals surface area contributed by atoms with E-state index in [4.69, 9.17) is 4.42 Å². The summed E-state index contributed by atoms with van der Waals surface area (Å²) >= 11 is 0. The number of rotatable bonds is 5. The molecule has 260 valence electrons. The van der Waals surface area contributed by atoms with Crippen molar-refractivity contribution in [3.63, 3.8) is 0 Å². The average molecular weight is 704 g/mol. The first-order valence-electron chi connectivity index (χ1n) is 19.1. The summed E-state index contributed by atoms with van der Waals surface area (Å²) in [6, 6.07) is 68.4. The number of nitrogens with zero attached hydrogens (tertiary/aromatic N) is 1. The second-order valence-electron chi connectivity index (χ2n) is 15.3. The molecule has 0 atom stereocenters. The number of fused-ring (bicyclic) bond motifs is 9. The SMILES string of the molecule is CC1(C)c2ccccc2-c2ccc(N(c3ccc4ccccc4c3)c3cc(-c4ccccc4)cc4oc5c6ccccc6c(-c6ccccc6)cc5c34)cc21. The minimum absolute atomic E-state index is 0.149. The summed E-state index contributed by atoms with van der Waals surface area (Å²) in [6.07, 6.45) is 0. The van der Waals surface area contributed by atoms with Crippen molar-refractivity contribution in [3.8, 4) is 33.4 Å². The van der Waals surface area contributed by atoms with Crippen molar-refractivity contribution in [2.75, 3.05) is 4.90 Å². The van der Waals surface area contributed by atoms with E-state index in [9.17, 15) is 0 Å². The Bertz CT molecular complexity index is 3120. The molecular weight excluding hydrogens is 667 g/mol. The van der Waals surface area contributed by atoms with Gasteiger partial charge >= 0.3 is 0 Å². The van der Waals surface area contributed by atoms with Gasteiger partial charge in [-0.3, -0.25) is 0 Å². The molecule has 10 aromatic rings. The van der Waals surface area contributed by atoms with Crippen LogP contribution in [-0.2, 0) is 5.41 Å². The van der Waals surface area contributed by atoms with Gasteiger partial charge in [0.25, 0.3) is 0 Å². The molecule has 2 nitrogen and oxygen atoms in total. The van der Waals surface area contributed by atoms with Crippen LogP contribution in [-0.4, -0.2) is 0 Å². The predicted octanol–water partition coefficient (Wildman–Crippen LogP) is 15.0. The number of hydrogen-bond acceptors (Lipinski definition) is 2. The topological polar surface area (TPSA) is 16.4 Å². The molecule has 11 rings (SSSR count). The van der Waals surface area contributed by atoms with Crippen LogP contribution in [0.5, 0.6) is 0 Å². The molecule has 1 aromatic heterocycles. The third-order valence-electron chi connectivity index (χ3n) is 11.8. The van der Waals surface area contributed by atoms with Crippen LogP contribution in [0, 0.1) is 0 Å². The van der Waals surface area contributed by atoms with Crippen LogP contribution >= 0.6 is 0 Å². The van der Waals surface area contributed by atoms with Crippen LogP contribution in [0.15, 0.2) is 192 Å². The molecule has 0 saturated heterocycles. The fourth-order valence-corrected chi connectivity index (χ4v) is 9.11. The normalized spacial score (nSPS) is 13.1. The van der Waals surface area contributed by atoms with Crippen molar-refractivity contribution in [2.24, 2.45) is 0 Å². The molecule has 2 heteroatoms. The van der Waals surface area contributed by atoms with E-state index in [2.05, 4.69) is 207 Å². The smallest absolute Gasteiger partial charge is 0.143 e. The molecule has 55 heavy (non-hydrogen) atoms. The molecule has 1 heterocycles. The van der Waals surface area contributed by atoms with Gasteiger partial charge in [0.05, 0.1) is 11.1 Å². The van der Waals surface area contributed by atoms with Gasteiger partial charge in [-0.1, -0.05) is 159 Å². The van der Waals surface area contributed by atoms with E-state index < -0.39 is 0 Å². The van der Waals surface area contributed by atoms with Gasteiger partial charge in [0.2, 0.25) is 0 Å². The standard InChI is InChI=1S/C53H37NO/c1-53(2)47-24-14-13-22-42(47)43-28-27-40(32-48(43)53)54(39-26-25-35-17-9-10-20-37(35)29-39)49-30-38(34-15-5-3-6-16-34)31-50-51(49)46-33-45(36-18-7-4-8-19-36)41-21-11-12-23-44(41)52(46)55-50/h3-33H,1-2H3. The predicted molar refractivity (Wildman–Crippen MR) is 232 cm³/mol. The molecule has 0 aliphatic heterocycles. The van der Waals surface area contributed by atoms with Crippen LogP contribution in [0.4, 0.5) is 17.1 Å². The first-order valence-corrected chi connectivity index (χ1v) is 19.1. The van der Waals surface area contributed by atoms with Gasteiger partial charge in [0, 0.05) is 27.6 Å². The molecular formula is C53H37NO. The summed E-state index contributed by atoms with van der Waals surface area (Å²) in [7, 11) is 0. The maximum atomic E-state index is 7.07. The van der Waals surface area contributed by atoms with Gasteiger partial charge in [-0.25, -0.2) is 0 Å². The van der Waals surface area contributed by atoms with E-state index in [0.717, 1.165) is 55.5 Å². The van der Waals surface area contributed by atoms with Gasteiger partial charge in [-0.05, 0) is 103 Å². The number of benzene rings is 9. The largest absolute Gasteiger partial charge is 0.455 e. The maximum absolute atomic E-state index is 7.07. The molecule has 1 aliphatic carbocycles. The molecule has 0 amide bonds. The molecule has 1 aliphatic rings. The summed E-state index contributed by atoms with van der Waals surface area (Å²) in [5, 5.41) is 6.89. The number of anilines is 3. The van der Waals surface area contributed by atoms with Crippen LogP contribution in [0.3, 0.4) is 0 Å². The van der Waals surface area contributed by atoms with Crippen molar-refractivity contribution in [3.05, 3.63) is 199 Å². The van der Waals surface area contributed by atoms with Crippen molar-refractivity contribution >= 4 is 60.5 Å². The Morgan fingerprint density at radius 1 is 0.418 bits per heavy atom. The van der Waals surface area contributed by atoms with Crippen LogP contribution in [0.25, 0.3) is 76.9 Å². The Morgan fingerprint density at radius 3 is 1.87 bits per heavy atom. The second kappa shape index (κ2) is 12.1. The summed E-state index contributed by atoms with van der Waals surface area (Å²) in [6.45, 7) is 4.71. The summed E-state index contributed by atoms with van der Waals surface area (Å²) < 4.78 is 7.07. The van der Waals surface area contributed by atoms with Gasteiger partial charge in [0.15, 0.2) is 0 Å². The lowest BCUT2D eigenvalue weighted by Gasteiger charge is -2.29. The van der Waals surface area contributed by atoms with Gasteiger partial charge in [0.1, 0.15) is 11.2 Å². The van der Waals surface area contributed by atoms with Crippen LogP contribution < -0.4 is 4.90 Å². The Labute approximate surface area is 320 Å². The first-order chi connectivity index (χ1) is 27.0. The van der Waals surface area contributed by atoms with Gasteiger partial charge < -0.3 is 9.32 Å². The molecule has 0 bridgehead atoms. The van der Waals surface area contributed by atoms with Crippen molar-refractivity contribution < 1.29 is 4.42 Å². The number of furan rings is 1. The van der Waals surface area contributed by atoms with E-state index >= 15 is 0 Å². The van der Waals surface area contributed by atoms with Gasteiger partial charge in [-0.15, -0.1) is 0 Å². The molecule has 0 saturated carbocycles. The zero-order chi connectivity index (χ0) is 36.7. The zero-order valence-electron chi connectivity index (χ0n) is 30.8. The molecule has 0 spiro atoms. The Hall–Kier alpha value is -6.90. The van der Waals surface area contributed by atoms with Crippen molar-refractivity contribution in [1.82, 2.24) is 0 Å². The minimum Gasteiger partial charge on any atom is -0.455 e. The lowest BCUT2D eigenvalue weighted by atomic mass is 9.82. The second-order valence-corrected chi connectivity index (χ2v) is 15.3. The lowest BCUT2D eigenvalue weighted by molar-refractivity contribution is 0.660. The summed E-state index contributed by atoms with van der Waals surface area (Å²) in [5.41, 5.74) is 14.9. The minimum atomic E-state index is -0.149. The Balaban J connectivity index is 1.26. The number of hydrogen-bond donors (Lipinski definition) is 0. The third kappa shape index (κ3) is 4.88. The first kappa shape index (κ1) is 31.6. The summed E-state index contributed by atoms with van der Waals surface area (Å²) in [4.78, 5) is 2.47. The summed E-state index contributed by atoms with van der Waals surface area (Å²) in [5.74, 6) is 0. The van der Waals surface area contributed by atoms with E-state index in [1.807, 2.05) is 0 Å². The molecule has 9 aromatic carbocycles. The fraction of sp³-hybridized carbons (Fsp3) is 0.0566. The Kier molecular flexibility index (Phi) is 6.93. The van der Waals surface area contributed by atoms with E-state index in [1.54, 1.807) is 0 Å². The average Bonchev–Trinajstić information content (AvgIpc) is 3.73. The lowest BCUT2D eigenvalue weighted by Crippen LogP contribution is -2.16. The highest BCUT2D eigenvalue weighted by atomic mass is 16.3. The van der Waals surface area contributed by atoms with Crippen LogP contribution in [0.2, 0.25) is 0 Å². The van der Waals surface area contributed by atoms with Gasteiger partial charge in [-0.2, -0.15) is 0 Å². The van der Waals surface area contributed by atoms with Crippen LogP contribution in [0.1, 0.15) is 25.0 Å². The maximum Gasteiger partial charge on any atom is 0.143 e. The molecule has 0 N–H and O–H groups in total. The highest BCUT2D eigenvalue weighted by Crippen LogP contribution is 2.52. The molecule has 0 unspecified atom stereocenters. The van der Waals surface area contributed by atoms with Crippen molar-refractivity contribution in [1.29, 1.82) is 0 Å². The monoisotopic (exact) mass is 703 g/mol. The third-order valence-corrected chi connectivity index (χ3v) is 11.8. The Morgan fingerprint density at radius 2 is 1.05 bits per heavy atom. The fourth-order valence-electron chi connectivity index (χ4n) is 9.11. The van der Waals surface area contributed by atoms with Crippen molar-refractivity contribution in [2.45, 2.75) is 19.3 Å². The van der Waals surface area contributed by atoms with E-state index in [0.29, 0.717) is 0 Å². The highest BCUT2D eigenvalue weighted by molar-refractivity contribution is 6.23. The highest BCUT2D eigenvalue weighted by Gasteiger charge is 2.36. The molecule has 0 fully saturated rings. The van der Waals surface area contributed by atoms with E-state index in [1.165, 1.54) is 49.5 Å². The van der Waals surface area contributed by atoms with E-state index in [-0.39, 0.29) is 5.41 Å². The quantitative estimate of drug-likeness (QED) is 0.177.